The second-order valence-corrected chi connectivity index (χ2v) is 8.32. The minimum atomic E-state index is -0.283. The van der Waals surface area contributed by atoms with Gasteiger partial charge in [-0.05, 0) is 43.5 Å². The molecule has 1 saturated carbocycles. The Bertz CT molecular complexity index is 797. The quantitative estimate of drug-likeness (QED) is 0.735. The molecule has 0 bridgehead atoms. The van der Waals surface area contributed by atoms with E-state index in [0.717, 1.165) is 25.1 Å². The third kappa shape index (κ3) is 5.44. The Hall–Kier alpha value is -2.21. The van der Waals surface area contributed by atoms with Crippen LogP contribution < -0.4 is 5.32 Å². The second-order valence-electron chi connectivity index (χ2n) is 8.32. The number of nitrogens with zero attached hydrogens (tertiary/aromatic N) is 2. The first kappa shape index (κ1) is 20.1. The highest BCUT2D eigenvalue weighted by Crippen LogP contribution is 2.25. The normalized spacial score (nSPS) is 21.2. The van der Waals surface area contributed by atoms with Crippen molar-refractivity contribution >= 4 is 5.91 Å². The van der Waals surface area contributed by atoms with Gasteiger partial charge in [-0.3, -0.25) is 9.69 Å². The van der Waals surface area contributed by atoms with E-state index in [0.29, 0.717) is 30.5 Å². The Balaban J connectivity index is 1.22. The molecule has 156 valence electrons. The van der Waals surface area contributed by atoms with Crippen molar-refractivity contribution in [1.29, 1.82) is 0 Å². The molecule has 2 fully saturated rings. The molecule has 6 heteroatoms. The molecular weight excluding hydrogens is 369 g/mol. The van der Waals surface area contributed by atoms with E-state index < -0.39 is 0 Å². The predicted molar refractivity (Wildman–Crippen MR) is 110 cm³/mol. The van der Waals surface area contributed by atoms with Crippen LogP contribution >= 0.6 is 0 Å². The SMILES string of the molecule is O=C(CCc1ncc(-c2ccc(F)cc2)o1)NC1CCN(C2CCCCCC2)C1. The van der Waals surface area contributed by atoms with E-state index in [9.17, 15) is 9.18 Å². The van der Waals surface area contributed by atoms with Gasteiger partial charge >= 0.3 is 0 Å². The molecule has 1 aliphatic heterocycles. The molecule has 2 aliphatic rings. The van der Waals surface area contributed by atoms with E-state index in [1.165, 1.54) is 50.7 Å². The first-order valence-electron chi connectivity index (χ1n) is 10.9. The number of oxazole rings is 1. The maximum absolute atomic E-state index is 13.0. The maximum atomic E-state index is 13.0. The molecule has 1 aromatic heterocycles. The summed E-state index contributed by atoms with van der Waals surface area (Å²) in [6.45, 7) is 2.07. The molecule has 1 unspecified atom stereocenters. The summed E-state index contributed by atoms with van der Waals surface area (Å²) < 4.78 is 18.8. The molecule has 1 N–H and O–H groups in total. The van der Waals surface area contributed by atoms with Crippen LogP contribution in [0.1, 0.15) is 57.3 Å². The largest absolute Gasteiger partial charge is 0.441 e. The van der Waals surface area contributed by atoms with Crippen molar-refractivity contribution in [2.75, 3.05) is 13.1 Å². The van der Waals surface area contributed by atoms with E-state index in [1.54, 1.807) is 18.3 Å². The van der Waals surface area contributed by atoms with Crippen LogP contribution in [0.4, 0.5) is 4.39 Å². The number of amides is 1. The number of benzene rings is 1. The molecule has 2 heterocycles. The highest BCUT2D eigenvalue weighted by atomic mass is 19.1. The van der Waals surface area contributed by atoms with Crippen molar-refractivity contribution in [2.45, 2.75) is 69.9 Å². The first-order valence-corrected chi connectivity index (χ1v) is 10.9. The molecular formula is C23H30FN3O2. The molecule has 1 amide bonds. The number of aryl methyl sites for hydroxylation is 1. The number of hydrogen-bond donors (Lipinski definition) is 1. The van der Waals surface area contributed by atoms with Crippen LogP contribution in [0.5, 0.6) is 0 Å². The van der Waals surface area contributed by atoms with Gasteiger partial charge in [-0.1, -0.05) is 25.7 Å². The number of aromatic nitrogens is 1. The van der Waals surface area contributed by atoms with Gasteiger partial charge in [-0.15, -0.1) is 0 Å². The number of carbonyl (C=O) groups is 1. The molecule has 5 nitrogen and oxygen atoms in total. The van der Waals surface area contributed by atoms with Gasteiger partial charge in [0.05, 0.1) is 6.20 Å². The summed E-state index contributed by atoms with van der Waals surface area (Å²) in [6.07, 6.45) is 11.5. The lowest BCUT2D eigenvalue weighted by atomic mass is 10.1. The Morgan fingerprint density at radius 1 is 1.14 bits per heavy atom. The van der Waals surface area contributed by atoms with Crippen LogP contribution in [0.3, 0.4) is 0 Å². The number of rotatable bonds is 6. The molecule has 0 radical (unpaired) electrons. The Morgan fingerprint density at radius 2 is 1.90 bits per heavy atom. The fourth-order valence-corrected chi connectivity index (χ4v) is 4.55. The highest BCUT2D eigenvalue weighted by molar-refractivity contribution is 5.76. The fraction of sp³-hybridized carbons (Fsp3) is 0.565. The molecule has 1 aliphatic carbocycles. The Kier molecular flexibility index (Phi) is 6.60. The number of halogens is 1. The predicted octanol–water partition coefficient (Wildman–Crippen LogP) is 4.33. The van der Waals surface area contributed by atoms with Crippen molar-refractivity contribution in [1.82, 2.24) is 15.2 Å². The molecule has 4 rings (SSSR count). The number of nitrogens with one attached hydrogen (secondary N) is 1. The first-order chi connectivity index (χ1) is 14.2. The van der Waals surface area contributed by atoms with Crippen LogP contribution in [-0.4, -0.2) is 41.0 Å². The number of hydrogen-bond acceptors (Lipinski definition) is 4. The van der Waals surface area contributed by atoms with E-state index in [4.69, 9.17) is 4.42 Å². The third-order valence-electron chi connectivity index (χ3n) is 6.17. The smallest absolute Gasteiger partial charge is 0.220 e. The highest BCUT2D eigenvalue weighted by Gasteiger charge is 2.29. The lowest BCUT2D eigenvalue weighted by molar-refractivity contribution is -0.121. The third-order valence-corrected chi connectivity index (χ3v) is 6.17. The van der Waals surface area contributed by atoms with Crippen LogP contribution in [0.25, 0.3) is 11.3 Å². The summed E-state index contributed by atoms with van der Waals surface area (Å²) in [7, 11) is 0. The van der Waals surface area contributed by atoms with Gasteiger partial charge in [-0.25, -0.2) is 9.37 Å². The topological polar surface area (TPSA) is 58.4 Å². The summed E-state index contributed by atoms with van der Waals surface area (Å²) in [6, 6.07) is 7.07. The summed E-state index contributed by atoms with van der Waals surface area (Å²) in [5.41, 5.74) is 0.777. The van der Waals surface area contributed by atoms with E-state index in [1.807, 2.05) is 0 Å². The van der Waals surface area contributed by atoms with Crippen molar-refractivity contribution in [3.8, 4) is 11.3 Å². The molecule has 29 heavy (non-hydrogen) atoms. The van der Waals surface area contributed by atoms with Gasteiger partial charge in [0.1, 0.15) is 5.82 Å². The van der Waals surface area contributed by atoms with Gasteiger partial charge in [0.2, 0.25) is 5.91 Å². The van der Waals surface area contributed by atoms with Gasteiger partial charge in [0, 0.05) is 43.6 Å². The van der Waals surface area contributed by atoms with Crippen molar-refractivity contribution in [3.63, 3.8) is 0 Å². The van der Waals surface area contributed by atoms with Gasteiger partial charge < -0.3 is 9.73 Å². The van der Waals surface area contributed by atoms with E-state index in [-0.39, 0.29) is 17.8 Å². The second kappa shape index (κ2) is 9.53. The van der Waals surface area contributed by atoms with Crippen LogP contribution in [0.15, 0.2) is 34.9 Å². The Labute approximate surface area is 171 Å². The minimum absolute atomic E-state index is 0.0549. The zero-order valence-corrected chi connectivity index (χ0v) is 16.9. The summed E-state index contributed by atoms with van der Waals surface area (Å²) in [5, 5.41) is 3.19. The summed E-state index contributed by atoms with van der Waals surface area (Å²) in [5.74, 6) is 0.898. The molecule has 1 saturated heterocycles. The molecule has 1 aromatic carbocycles. The number of carbonyl (C=O) groups excluding carboxylic acids is 1. The molecule has 2 aromatic rings. The maximum Gasteiger partial charge on any atom is 0.220 e. The van der Waals surface area contributed by atoms with E-state index in [2.05, 4.69) is 15.2 Å². The molecule has 1 atom stereocenters. The van der Waals surface area contributed by atoms with Crippen LogP contribution in [0, 0.1) is 5.82 Å². The summed E-state index contributed by atoms with van der Waals surface area (Å²) >= 11 is 0. The monoisotopic (exact) mass is 399 g/mol. The lowest BCUT2D eigenvalue weighted by Gasteiger charge is -2.26. The van der Waals surface area contributed by atoms with Gasteiger partial charge in [0.15, 0.2) is 11.7 Å². The molecule has 0 spiro atoms. The van der Waals surface area contributed by atoms with Crippen molar-refractivity contribution in [2.24, 2.45) is 0 Å². The van der Waals surface area contributed by atoms with Gasteiger partial charge in [-0.2, -0.15) is 0 Å². The van der Waals surface area contributed by atoms with E-state index >= 15 is 0 Å². The number of likely N-dealkylation sites (tertiary alicyclic amines) is 1. The van der Waals surface area contributed by atoms with Gasteiger partial charge in [0.25, 0.3) is 0 Å². The average molecular weight is 400 g/mol. The summed E-state index contributed by atoms with van der Waals surface area (Å²) in [4.78, 5) is 19.2. The standard InChI is InChI=1S/C23H30FN3O2/c24-18-9-7-17(8-10-18)21-15-25-23(29-21)12-11-22(28)26-19-13-14-27(16-19)20-5-3-1-2-4-6-20/h7-10,15,19-20H,1-6,11-14,16H2,(H,26,28). The minimum Gasteiger partial charge on any atom is -0.441 e. The van der Waals surface area contributed by atoms with Crippen LogP contribution in [-0.2, 0) is 11.2 Å². The lowest BCUT2D eigenvalue weighted by Crippen LogP contribution is -2.39. The van der Waals surface area contributed by atoms with Crippen LogP contribution in [0.2, 0.25) is 0 Å². The fourth-order valence-electron chi connectivity index (χ4n) is 4.55. The van der Waals surface area contributed by atoms with Crippen molar-refractivity contribution < 1.29 is 13.6 Å². The van der Waals surface area contributed by atoms with Crippen molar-refractivity contribution in [3.05, 3.63) is 42.2 Å². The Morgan fingerprint density at radius 3 is 2.66 bits per heavy atom. The zero-order chi connectivity index (χ0) is 20.1. The zero-order valence-electron chi connectivity index (χ0n) is 16.9. The average Bonchev–Trinajstić information content (AvgIpc) is 3.30.